The van der Waals surface area contributed by atoms with E-state index >= 15 is 0 Å². The van der Waals surface area contributed by atoms with E-state index in [4.69, 9.17) is 5.73 Å². The zero-order chi connectivity index (χ0) is 22.9. The maximum atomic E-state index is 6.21. The molecule has 34 heavy (non-hydrogen) atoms. The average Bonchev–Trinajstić information content (AvgIpc) is 3.24. The van der Waals surface area contributed by atoms with E-state index in [1.54, 1.807) is 29.3 Å². The minimum absolute atomic E-state index is 0.403. The van der Waals surface area contributed by atoms with E-state index in [1.807, 2.05) is 42.9 Å². The molecule has 5 aromatic heterocycles. The lowest BCUT2D eigenvalue weighted by Crippen LogP contribution is -2.47. The molecule has 1 aliphatic heterocycles. The van der Waals surface area contributed by atoms with Crippen LogP contribution in [0.3, 0.4) is 0 Å². The Bertz CT molecular complexity index is 1430. The van der Waals surface area contributed by atoms with Crippen molar-refractivity contribution in [1.82, 2.24) is 34.5 Å². The highest BCUT2D eigenvalue weighted by atomic mass is 15.3. The van der Waals surface area contributed by atoms with Gasteiger partial charge in [-0.15, -0.1) is 5.10 Å². The quantitative estimate of drug-likeness (QED) is 0.441. The summed E-state index contributed by atoms with van der Waals surface area (Å²) in [7, 11) is 0. The number of pyridine rings is 2. The van der Waals surface area contributed by atoms with Crippen LogP contribution in [-0.2, 0) is 0 Å². The fourth-order valence-electron chi connectivity index (χ4n) is 4.25. The van der Waals surface area contributed by atoms with Gasteiger partial charge >= 0.3 is 0 Å². The van der Waals surface area contributed by atoms with Crippen LogP contribution < -0.4 is 15.5 Å². The molecule has 0 unspecified atom stereocenters. The van der Waals surface area contributed by atoms with Crippen molar-refractivity contribution in [3.05, 3.63) is 73.7 Å². The summed E-state index contributed by atoms with van der Waals surface area (Å²) < 4.78 is 1.72. The molecule has 0 spiro atoms. The number of piperazine rings is 1. The largest absolute Gasteiger partial charge is 0.382 e. The van der Waals surface area contributed by atoms with Gasteiger partial charge in [-0.3, -0.25) is 9.97 Å². The minimum atomic E-state index is 0.403. The Morgan fingerprint density at radius 3 is 2.32 bits per heavy atom. The van der Waals surface area contributed by atoms with Crippen LogP contribution in [0.25, 0.3) is 28.0 Å². The van der Waals surface area contributed by atoms with E-state index in [0.717, 1.165) is 60.2 Å². The molecular formula is C24H22N10. The molecule has 1 aliphatic rings. The van der Waals surface area contributed by atoms with E-state index in [1.165, 1.54) is 0 Å². The number of hydrogen-bond acceptors (Lipinski definition) is 9. The zero-order valence-corrected chi connectivity index (χ0v) is 18.4. The van der Waals surface area contributed by atoms with Gasteiger partial charge in [0.25, 0.3) is 0 Å². The van der Waals surface area contributed by atoms with Crippen molar-refractivity contribution >= 4 is 23.1 Å². The average molecular weight is 451 g/mol. The summed E-state index contributed by atoms with van der Waals surface area (Å²) in [5, 5.41) is 4.47. The summed E-state index contributed by atoms with van der Waals surface area (Å²) in [4.78, 5) is 26.8. The van der Waals surface area contributed by atoms with Crippen molar-refractivity contribution in [1.29, 1.82) is 0 Å². The highest BCUT2D eigenvalue weighted by Crippen LogP contribution is 2.29. The van der Waals surface area contributed by atoms with Crippen LogP contribution in [0, 0.1) is 0 Å². The predicted molar refractivity (Wildman–Crippen MR) is 130 cm³/mol. The van der Waals surface area contributed by atoms with Gasteiger partial charge in [-0.1, -0.05) is 6.07 Å². The molecule has 0 aromatic carbocycles. The molecule has 5 aromatic rings. The number of nitrogens with two attached hydrogens (primary N) is 1. The van der Waals surface area contributed by atoms with Crippen molar-refractivity contribution in [2.75, 3.05) is 41.7 Å². The fourth-order valence-corrected chi connectivity index (χ4v) is 4.25. The lowest BCUT2D eigenvalue weighted by Gasteiger charge is -2.35. The molecule has 1 fully saturated rings. The van der Waals surface area contributed by atoms with Gasteiger partial charge in [0.05, 0.1) is 17.5 Å². The molecule has 1 saturated heterocycles. The summed E-state index contributed by atoms with van der Waals surface area (Å²) in [6, 6.07) is 9.77. The number of hydrogen-bond donors (Lipinski definition) is 1. The Balaban J connectivity index is 1.25. The third kappa shape index (κ3) is 3.64. The van der Waals surface area contributed by atoms with Crippen molar-refractivity contribution in [3.63, 3.8) is 0 Å². The van der Waals surface area contributed by atoms with Crippen molar-refractivity contribution < 1.29 is 0 Å². The SMILES string of the molecule is Nc1nn2cc(-c3ccnc(N4CCN(c5cnccn5)CC4)c3)cnc2c1-c1ccccn1. The molecule has 0 atom stereocenters. The predicted octanol–water partition coefficient (Wildman–Crippen LogP) is 2.55. The summed E-state index contributed by atoms with van der Waals surface area (Å²) in [6.45, 7) is 3.43. The molecule has 0 saturated carbocycles. The number of rotatable bonds is 4. The third-order valence-electron chi connectivity index (χ3n) is 5.98. The molecular weight excluding hydrogens is 428 g/mol. The molecule has 6 heterocycles. The number of nitrogens with zero attached hydrogens (tertiary/aromatic N) is 9. The van der Waals surface area contributed by atoms with Gasteiger partial charge in [0.1, 0.15) is 11.6 Å². The Morgan fingerprint density at radius 2 is 1.56 bits per heavy atom. The second-order valence-electron chi connectivity index (χ2n) is 8.03. The summed E-state index contributed by atoms with van der Waals surface area (Å²) in [5.41, 5.74) is 10.3. The van der Waals surface area contributed by atoms with Crippen LogP contribution in [0.2, 0.25) is 0 Å². The molecule has 10 heteroatoms. The van der Waals surface area contributed by atoms with E-state index in [2.05, 4.69) is 45.9 Å². The Kier molecular flexibility index (Phi) is 4.95. The van der Waals surface area contributed by atoms with E-state index < -0.39 is 0 Å². The van der Waals surface area contributed by atoms with Gasteiger partial charge < -0.3 is 15.5 Å². The molecule has 6 rings (SSSR count). The molecule has 168 valence electrons. The zero-order valence-electron chi connectivity index (χ0n) is 18.4. The van der Waals surface area contributed by atoms with Crippen LogP contribution >= 0.6 is 0 Å². The number of anilines is 3. The Labute approximate surface area is 195 Å². The first-order chi connectivity index (χ1) is 16.8. The highest BCUT2D eigenvalue weighted by Gasteiger charge is 2.20. The minimum Gasteiger partial charge on any atom is -0.382 e. The number of fused-ring (bicyclic) bond motifs is 1. The van der Waals surface area contributed by atoms with Gasteiger partial charge in [-0.05, 0) is 29.8 Å². The lowest BCUT2D eigenvalue weighted by atomic mass is 10.1. The Morgan fingerprint density at radius 1 is 0.735 bits per heavy atom. The van der Waals surface area contributed by atoms with Crippen molar-refractivity contribution in [2.45, 2.75) is 0 Å². The van der Waals surface area contributed by atoms with Gasteiger partial charge in [0.15, 0.2) is 11.5 Å². The summed E-state index contributed by atoms with van der Waals surface area (Å²) in [6.07, 6.45) is 12.6. The van der Waals surface area contributed by atoms with Gasteiger partial charge in [-0.25, -0.2) is 19.5 Å². The van der Waals surface area contributed by atoms with Crippen LogP contribution in [0.1, 0.15) is 0 Å². The molecule has 0 bridgehead atoms. The van der Waals surface area contributed by atoms with Crippen molar-refractivity contribution in [2.24, 2.45) is 0 Å². The van der Waals surface area contributed by atoms with Gasteiger partial charge in [0, 0.05) is 68.9 Å². The topological polar surface area (TPSA) is 114 Å². The monoisotopic (exact) mass is 450 g/mol. The molecule has 0 radical (unpaired) electrons. The smallest absolute Gasteiger partial charge is 0.166 e. The van der Waals surface area contributed by atoms with Crippen LogP contribution in [0.4, 0.5) is 17.5 Å². The lowest BCUT2D eigenvalue weighted by molar-refractivity contribution is 0.640. The van der Waals surface area contributed by atoms with E-state index in [0.29, 0.717) is 11.5 Å². The summed E-state index contributed by atoms with van der Waals surface area (Å²) >= 11 is 0. The standard InChI is InChI=1S/C24H22N10/c25-23-22(19-3-1-2-5-27-19)24-30-14-18(16-34(24)31-23)17-4-6-28-20(13-17)32-9-11-33(12-10-32)21-15-26-7-8-29-21/h1-8,13-16H,9-12H2,(H2,25,31). The maximum absolute atomic E-state index is 6.21. The van der Waals surface area contributed by atoms with E-state index in [9.17, 15) is 0 Å². The molecule has 0 amide bonds. The number of aromatic nitrogens is 7. The van der Waals surface area contributed by atoms with Crippen LogP contribution in [0.15, 0.2) is 73.7 Å². The van der Waals surface area contributed by atoms with E-state index in [-0.39, 0.29) is 0 Å². The summed E-state index contributed by atoms with van der Waals surface area (Å²) in [5.74, 6) is 2.25. The third-order valence-corrected chi connectivity index (χ3v) is 5.98. The second kappa shape index (κ2) is 8.39. The fraction of sp³-hybridized carbons (Fsp3) is 0.167. The molecule has 0 aliphatic carbocycles. The molecule has 2 N–H and O–H groups in total. The second-order valence-corrected chi connectivity index (χ2v) is 8.03. The first-order valence-corrected chi connectivity index (χ1v) is 11.0. The van der Waals surface area contributed by atoms with Crippen LogP contribution in [0.5, 0.6) is 0 Å². The van der Waals surface area contributed by atoms with Gasteiger partial charge in [-0.2, -0.15) is 0 Å². The first-order valence-electron chi connectivity index (χ1n) is 11.0. The molecule has 10 nitrogen and oxygen atoms in total. The van der Waals surface area contributed by atoms with Gasteiger partial charge in [0.2, 0.25) is 0 Å². The number of nitrogen functional groups attached to an aromatic ring is 1. The van der Waals surface area contributed by atoms with Crippen molar-refractivity contribution in [3.8, 4) is 22.4 Å². The highest BCUT2D eigenvalue weighted by molar-refractivity contribution is 5.84. The Hall–Kier alpha value is -4.60. The normalized spacial score (nSPS) is 14.0. The maximum Gasteiger partial charge on any atom is 0.166 e. The first kappa shape index (κ1) is 20.0. The van der Waals surface area contributed by atoms with Crippen LogP contribution in [-0.4, -0.2) is 60.7 Å².